The molecule has 1 nitrogen and oxygen atoms in total. The van der Waals surface area contributed by atoms with E-state index >= 15 is 0 Å². The van der Waals surface area contributed by atoms with Gasteiger partial charge in [-0.2, -0.15) is 0 Å². The number of benzene rings is 1. The molecule has 0 spiro atoms. The van der Waals surface area contributed by atoms with Crippen LogP contribution in [0.5, 0.6) is 0 Å². The molecule has 0 bridgehead atoms. The van der Waals surface area contributed by atoms with Crippen molar-refractivity contribution in [2.75, 3.05) is 0 Å². The van der Waals surface area contributed by atoms with Gasteiger partial charge in [0.2, 0.25) is 0 Å². The van der Waals surface area contributed by atoms with Crippen molar-refractivity contribution < 1.29 is 0 Å². The predicted molar refractivity (Wildman–Crippen MR) is 73.7 cm³/mol. The third-order valence-electron chi connectivity index (χ3n) is 2.50. The van der Waals surface area contributed by atoms with Crippen molar-refractivity contribution >= 4 is 27.3 Å². The minimum Gasteiger partial charge on any atom is -0.308 e. The molecule has 84 valence electrons. The average Bonchev–Trinajstić information content (AvgIpc) is 2.67. The third-order valence-corrected chi connectivity index (χ3v) is 4.13. The molecule has 2 aromatic rings. The van der Waals surface area contributed by atoms with Crippen LogP contribution in [0.4, 0.5) is 0 Å². The standard InChI is InChI=1S/C13H14BrNS/c1-10-4-2-3-5-11(10)8-15-9-12-6-7-13(14)16-12/h2-7,15H,8-9H2,1H3. The van der Waals surface area contributed by atoms with Gasteiger partial charge in [-0.15, -0.1) is 11.3 Å². The summed E-state index contributed by atoms with van der Waals surface area (Å²) in [6.45, 7) is 4.02. The first-order valence-electron chi connectivity index (χ1n) is 5.25. The highest BCUT2D eigenvalue weighted by Crippen LogP contribution is 2.21. The second-order valence-corrected chi connectivity index (χ2v) is 6.28. The maximum atomic E-state index is 3.47. The van der Waals surface area contributed by atoms with Crippen LogP contribution in [-0.2, 0) is 13.1 Å². The lowest BCUT2D eigenvalue weighted by Crippen LogP contribution is -2.12. The molecule has 1 N–H and O–H groups in total. The minimum atomic E-state index is 0.933. The second kappa shape index (κ2) is 5.62. The molecule has 0 amide bonds. The van der Waals surface area contributed by atoms with E-state index in [1.54, 1.807) is 11.3 Å². The molecule has 0 aliphatic rings. The molecule has 1 heterocycles. The zero-order valence-electron chi connectivity index (χ0n) is 9.16. The van der Waals surface area contributed by atoms with E-state index in [2.05, 4.69) is 64.6 Å². The van der Waals surface area contributed by atoms with Crippen molar-refractivity contribution in [3.8, 4) is 0 Å². The molecule has 0 saturated carbocycles. The smallest absolute Gasteiger partial charge is 0.0701 e. The molecule has 0 unspecified atom stereocenters. The predicted octanol–water partition coefficient (Wildman–Crippen LogP) is 4.11. The van der Waals surface area contributed by atoms with E-state index < -0.39 is 0 Å². The molecule has 1 aromatic heterocycles. The van der Waals surface area contributed by atoms with Gasteiger partial charge in [0.05, 0.1) is 3.79 Å². The molecule has 3 heteroatoms. The number of hydrogen-bond donors (Lipinski definition) is 1. The molecule has 0 atom stereocenters. The van der Waals surface area contributed by atoms with Crippen LogP contribution in [0.2, 0.25) is 0 Å². The van der Waals surface area contributed by atoms with Gasteiger partial charge in [-0.1, -0.05) is 24.3 Å². The van der Waals surface area contributed by atoms with Crippen LogP contribution in [0.1, 0.15) is 16.0 Å². The monoisotopic (exact) mass is 295 g/mol. The van der Waals surface area contributed by atoms with E-state index in [1.165, 1.54) is 19.8 Å². The first-order valence-corrected chi connectivity index (χ1v) is 6.86. The normalized spacial score (nSPS) is 10.6. The van der Waals surface area contributed by atoms with Crippen LogP contribution in [0.15, 0.2) is 40.2 Å². The van der Waals surface area contributed by atoms with Gasteiger partial charge >= 0.3 is 0 Å². The Bertz CT molecular complexity index is 464. The van der Waals surface area contributed by atoms with Gasteiger partial charge < -0.3 is 5.32 Å². The van der Waals surface area contributed by atoms with Crippen molar-refractivity contribution in [2.24, 2.45) is 0 Å². The van der Waals surface area contributed by atoms with Gasteiger partial charge in [-0.05, 0) is 46.1 Å². The third kappa shape index (κ3) is 3.17. The molecule has 1 aromatic carbocycles. The van der Waals surface area contributed by atoms with Crippen molar-refractivity contribution in [2.45, 2.75) is 20.0 Å². The van der Waals surface area contributed by atoms with E-state index in [4.69, 9.17) is 0 Å². The lowest BCUT2D eigenvalue weighted by molar-refractivity contribution is 0.698. The summed E-state index contributed by atoms with van der Waals surface area (Å²) in [6.07, 6.45) is 0. The van der Waals surface area contributed by atoms with E-state index in [0.717, 1.165) is 13.1 Å². The van der Waals surface area contributed by atoms with Gasteiger partial charge in [-0.25, -0.2) is 0 Å². The minimum absolute atomic E-state index is 0.933. The lowest BCUT2D eigenvalue weighted by atomic mass is 10.1. The Hall–Kier alpha value is -0.640. The molecule has 0 saturated heterocycles. The molecule has 0 radical (unpaired) electrons. The van der Waals surface area contributed by atoms with E-state index in [1.807, 2.05) is 0 Å². The first kappa shape index (κ1) is 11.8. The largest absolute Gasteiger partial charge is 0.308 e. The SMILES string of the molecule is Cc1ccccc1CNCc1ccc(Br)s1. The van der Waals surface area contributed by atoms with Gasteiger partial charge in [0.25, 0.3) is 0 Å². The molecule has 0 aliphatic heterocycles. The van der Waals surface area contributed by atoms with E-state index in [9.17, 15) is 0 Å². The highest BCUT2D eigenvalue weighted by atomic mass is 79.9. The molecular weight excluding hydrogens is 282 g/mol. The molecule has 0 fully saturated rings. The first-order chi connectivity index (χ1) is 7.75. The van der Waals surface area contributed by atoms with Gasteiger partial charge in [0, 0.05) is 18.0 Å². The zero-order valence-corrected chi connectivity index (χ0v) is 11.6. The molecular formula is C13H14BrNS. The summed E-state index contributed by atoms with van der Waals surface area (Å²) in [7, 11) is 0. The van der Waals surface area contributed by atoms with Crippen LogP contribution in [-0.4, -0.2) is 0 Å². The summed E-state index contributed by atoms with van der Waals surface area (Å²) >= 11 is 5.25. The van der Waals surface area contributed by atoms with Crippen LogP contribution in [0.3, 0.4) is 0 Å². The van der Waals surface area contributed by atoms with Crippen molar-refractivity contribution in [3.63, 3.8) is 0 Å². The van der Waals surface area contributed by atoms with Crippen molar-refractivity contribution in [3.05, 3.63) is 56.2 Å². The number of hydrogen-bond acceptors (Lipinski definition) is 2. The van der Waals surface area contributed by atoms with Crippen LogP contribution < -0.4 is 5.32 Å². The van der Waals surface area contributed by atoms with Crippen LogP contribution in [0, 0.1) is 6.92 Å². The Morgan fingerprint density at radius 3 is 2.62 bits per heavy atom. The summed E-state index contributed by atoms with van der Waals surface area (Å²) in [5.41, 5.74) is 2.72. The Morgan fingerprint density at radius 2 is 1.94 bits per heavy atom. The topological polar surface area (TPSA) is 12.0 Å². The van der Waals surface area contributed by atoms with Gasteiger partial charge in [0.1, 0.15) is 0 Å². The fraction of sp³-hybridized carbons (Fsp3) is 0.231. The van der Waals surface area contributed by atoms with Crippen LogP contribution >= 0.6 is 27.3 Å². The summed E-state index contributed by atoms with van der Waals surface area (Å²) in [6, 6.07) is 12.7. The Kier molecular flexibility index (Phi) is 4.16. The molecule has 2 rings (SSSR count). The summed E-state index contributed by atoms with van der Waals surface area (Å²) in [5, 5.41) is 3.46. The second-order valence-electron chi connectivity index (χ2n) is 3.74. The Balaban J connectivity index is 1.87. The summed E-state index contributed by atoms with van der Waals surface area (Å²) < 4.78 is 1.19. The highest BCUT2D eigenvalue weighted by Gasteiger charge is 1.99. The number of nitrogens with one attached hydrogen (secondary N) is 1. The van der Waals surface area contributed by atoms with E-state index in [-0.39, 0.29) is 0 Å². The fourth-order valence-corrected chi connectivity index (χ4v) is 3.03. The van der Waals surface area contributed by atoms with Gasteiger partial charge in [0.15, 0.2) is 0 Å². The summed E-state index contributed by atoms with van der Waals surface area (Å²) in [4.78, 5) is 1.36. The molecule has 16 heavy (non-hydrogen) atoms. The quantitative estimate of drug-likeness (QED) is 0.895. The Morgan fingerprint density at radius 1 is 1.12 bits per heavy atom. The lowest BCUT2D eigenvalue weighted by Gasteiger charge is -2.06. The van der Waals surface area contributed by atoms with Crippen molar-refractivity contribution in [1.82, 2.24) is 5.32 Å². The maximum absolute atomic E-state index is 3.47. The van der Waals surface area contributed by atoms with E-state index in [0.29, 0.717) is 0 Å². The van der Waals surface area contributed by atoms with Gasteiger partial charge in [-0.3, -0.25) is 0 Å². The van der Waals surface area contributed by atoms with Crippen molar-refractivity contribution in [1.29, 1.82) is 0 Å². The summed E-state index contributed by atoms with van der Waals surface area (Å²) in [5.74, 6) is 0. The number of rotatable bonds is 4. The highest BCUT2D eigenvalue weighted by molar-refractivity contribution is 9.11. The number of aryl methyl sites for hydroxylation is 1. The zero-order chi connectivity index (χ0) is 11.4. The van der Waals surface area contributed by atoms with Crippen LogP contribution in [0.25, 0.3) is 0 Å². The Labute approximate surface area is 109 Å². The number of thiophene rings is 1. The number of halogens is 1. The fourth-order valence-electron chi connectivity index (χ4n) is 1.58. The molecule has 0 aliphatic carbocycles. The maximum Gasteiger partial charge on any atom is 0.0701 e. The average molecular weight is 296 g/mol.